The van der Waals surface area contributed by atoms with Crippen molar-refractivity contribution in [1.29, 1.82) is 0 Å². The quantitative estimate of drug-likeness (QED) is 0.853. The predicted octanol–water partition coefficient (Wildman–Crippen LogP) is 1.39. The summed E-state index contributed by atoms with van der Waals surface area (Å²) in [5, 5.41) is 6.15. The van der Waals surface area contributed by atoms with Crippen molar-refractivity contribution >= 4 is 21.7 Å². The van der Waals surface area contributed by atoms with Crippen LogP contribution in [-0.4, -0.2) is 25.9 Å². The summed E-state index contributed by atoms with van der Waals surface area (Å²) in [7, 11) is 0. The van der Waals surface area contributed by atoms with Gasteiger partial charge >= 0.3 is 0 Å². The molecule has 0 aliphatic heterocycles. The highest BCUT2D eigenvalue weighted by molar-refractivity contribution is 9.10. The molecule has 0 atom stereocenters. The van der Waals surface area contributed by atoms with E-state index in [2.05, 4.69) is 36.1 Å². The lowest BCUT2D eigenvalue weighted by Crippen LogP contribution is -2.06. The number of nitrogens with zero attached hydrogens (tertiary/aromatic N) is 3. The average molecular weight is 267 g/mol. The Morgan fingerprint density at radius 3 is 3.00 bits per heavy atom. The number of aromatic amines is 1. The SMILES string of the molecule is O=C(Cc1cncc(Br)c1)c1ncn[nH]1. The highest BCUT2D eigenvalue weighted by atomic mass is 79.9. The molecule has 2 aromatic heterocycles. The summed E-state index contributed by atoms with van der Waals surface area (Å²) >= 11 is 3.29. The molecule has 0 aromatic carbocycles. The van der Waals surface area contributed by atoms with Crippen LogP contribution in [0, 0.1) is 0 Å². The van der Waals surface area contributed by atoms with Crippen LogP contribution in [0.5, 0.6) is 0 Å². The molecule has 0 saturated carbocycles. The number of pyridine rings is 1. The Morgan fingerprint density at radius 1 is 1.47 bits per heavy atom. The van der Waals surface area contributed by atoms with E-state index in [1.807, 2.05) is 6.07 Å². The molecule has 5 nitrogen and oxygen atoms in total. The third-order valence-corrected chi connectivity index (χ3v) is 2.24. The molecule has 2 rings (SSSR count). The van der Waals surface area contributed by atoms with E-state index < -0.39 is 0 Å². The molecule has 76 valence electrons. The molecule has 15 heavy (non-hydrogen) atoms. The van der Waals surface area contributed by atoms with Gasteiger partial charge in [0.25, 0.3) is 0 Å². The number of carbonyl (C=O) groups excluding carboxylic acids is 1. The molecule has 0 aliphatic carbocycles. The topological polar surface area (TPSA) is 71.5 Å². The van der Waals surface area contributed by atoms with Gasteiger partial charge in [-0.2, -0.15) is 5.10 Å². The lowest BCUT2D eigenvalue weighted by atomic mass is 10.1. The van der Waals surface area contributed by atoms with Crippen molar-refractivity contribution in [1.82, 2.24) is 20.2 Å². The number of Topliss-reactive ketones (excluding diaryl/α,β-unsaturated/α-hetero) is 1. The Labute approximate surface area is 94.1 Å². The van der Waals surface area contributed by atoms with Crippen LogP contribution in [-0.2, 0) is 6.42 Å². The van der Waals surface area contributed by atoms with Crippen molar-refractivity contribution in [2.24, 2.45) is 0 Å². The van der Waals surface area contributed by atoms with E-state index >= 15 is 0 Å². The van der Waals surface area contributed by atoms with Crippen LogP contribution < -0.4 is 0 Å². The number of hydrogen-bond acceptors (Lipinski definition) is 4. The van der Waals surface area contributed by atoms with Crippen molar-refractivity contribution in [3.63, 3.8) is 0 Å². The van der Waals surface area contributed by atoms with Gasteiger partial charge < -0.3 is 0 Å². The fourth-order valence-corrected chi connectivity index (χ4v) is 1.57. The van der Waals surface area contributed by atoms with Gasteiger partial charge in [0, 0.05) is 23.3 Å². The summed E-state index contributed by atoms with van der Waals surface area (Å²) in [6.07, 6.45) is 4.90. The van der Waals surface area contributed by atoms with Crippen LogP contribution in [0.2, 0.25) is 0 Å². The maximum Gasteiger partial charge on any atom is 0.203 e. The highest BCUT2D eigenvalue weighted by Gasteiger charge is 2.09. The van der Waals surface area contributed by atoms with Crippen molar-refractivity contribution < 1.29 is 4.79 Å². The minimum Gasteiger partial charge on any atom is -0.290 e. The maximum atomic E-state index is 11.6. The lowest BCUT2D eigenvalue weighted by Gasteiger charge is -1.98. The molecule has 2 heterocycles. The van der Waals surface area contributed by atoms with Gasteiger partial charge in [0.15, 0.2) is 5.82 Å². The van der Waals surface area contributed by atoms with Crippen LogP contribution in [0.4, 0.5) is 0 Å². The van der Waals surface area contributed by atoms with Crippen molar-refractivity contribution in [2.45, 2.75) is 6.42 Å². The smallest absolute Gasteiger partial charge is 0.203 e. The number of hydrogen-bond donors (Lipinski definition) is 1. The van der Waals surface area contributed by atoms with E-state index in [9.17, 15) is 4.79 Å². The molecule has 0 bridgehead atoms. The van der Waals surface area contributed by atoms with Gasteiger partial charge in [-0.05, 0) is 27.6 Å². The van der Waals surface area contributed by atoms with Gasteiger partial charge in [0.1, 0.15) is 6.33 Å². The summed E-state index contributed by atoms with van der Waals surface area (Å²) in [6, 6.07) is 1.85. The van der Waals surface area contributed by atoms with Crippen LogP contribution in [0.15, 0.2) is 29.3 Å². The molecule has 0 unspecified atom stereocenters. The van der Waals surface area contributed by atoms with Gasteiger partial charge in [-0.15, -0.1) is 0 Å². The fraction of sp³-hybridized carbons (Fsp3) is 0.111. The third kappa shape index (κ3) is 2.47. The summed E-state index contributed by atoms with van der Waals surface area (Å²) in [6.45, 7) is 0. The van der Waals surface area contributed by atoms with Gasteiger partial charge in [0.2, 0.25) is 5.78 Å². The molecule has 1 N–H and O–H groups in total. The summed E-state index contributed by atoms with van der Waals surface area (Å²) in [4.78, 5) is 19.4. The van der Waals surface area contributed by atoms with Crippen LogP contribution >= 0.6 is 15.9 Å². The van der Waals surface area contributed by atoms with Crippen LogP contribution in [0.3, 0.4) is 0 Å². The Hall–Kier alpha value is -1.56. The van der Waals surface area contributed by atoms with E-state index in [4.69, 9.17) is 0 Å². The molecule has 0 aliphatic rings. The second kappa shape index (κ2) is 4.31. The second-order valence-corrected chi connectivity index (χ2v) is 3.86. The average Bonchev–Trinajstić information content (AvgIpc) is 2.70. The Kier molecular flexibility index (Phi) is 2.86. The van der Waals surface area contributed by atoms with Gasteiger partial charge in [-0.1, -0.05) is 0 Å². The van der Waals surface area contributed by atoms with E-state index in [-0.39, 0.29) is 18.0 Å². The molecule has 2 aromatic rings. The van der Waals surface area contributed by atoms with Crippen LogP contribution in [0.1, 0.15) is 16.2 Å². The van der Waals surface area contributed by atoms with E-state index in [1.54, 1.807) is 12.4 Å². The molecule has 0 fully saturated rings. The zero-order valence-corrected chi connectivity index (χ0v) is 9.23. The summed E-state index contributed by atoms with van der Waals surface area (Å²) < 4.78 is 0.852. The largest absolute Gasteiger partial charge is 0.290 e. The minimum atomic E-state index is -0.104. The minimum absolute atomic E-state index is 0.104. The normalized spacial score (nSPS) is 10.2. The van der Waals surface area contributed by atoms with Crippen molar-refractivity contribution in [3.8, 4) is 0 Å². The predicted molar refractivity (Wildman–Crippen MR) is 56.4 cm³/mol. The molecule has 0 spiro atoms. The molecule has 0 radical (unpaired) electrons. The number of rotatable bonds is 3. The molecular formula is C9H7BrN4O. The number of carbonyl (C=O) groups is 1. The number of aromatic nitrogens is 4. The zero-order valence-electron chi connectivity index (χ0n) is 7.64. The highest BCUT2D eigenvalue weighted by Crippen LogP contribution is 2.11. The zero-order chi connectivity index (χ0) is 10.7. The first kappa shape index (κ1) is 9.97. The van der Waals surface area contributed by atoms with Gasteiger partial charge in [-0.3, -0.25) is 14.9 Å². The third-order valence-electron chi connectivity index (χ3n) is 1.81. The standard InChI is InChI=1S/C9H7BrN4O/c10-7-1-6(3-11-4-7)2-8(15)9-12-5-13-14-9/h1,3-5H,2H2,(H,12,13,14). The molecule has 0 amide bonds. The molecule has 6 heteroatoms. The second-order valence-electron chi connectivity index (χ2n) is 2.95. The van der Waals surface area contributed by atoms with E-state index in [1.165, 1.54) is 6.33 Å². The maximum absolute atomic E-state index is 11.6. The van der Waals surface area contributed by atoms with Crippen molar-refractivity contribution in [3.05, 3.63) is 40.6 Å². The van der Waals surface area contributed by atoms with E-state index in [0.29, 0.717) is 0 Å². The first-order chi connectivity index (χ1) is 7.25. The lowest BCUT2D eigenvalue weighted by molar-refractivity contribution is 0.0983. The Balaban J connectivity index is 2.13. The van der Waals surface area contributed by atoms with E-state index in [0.717, 1.165) is 10.0 Å². The van der Waals surface area contributed by atoms with Gasteiger partial charge in [-0.25, -0.2) is 4.98 Å². The summed E-state index contributed by atoms with van der Waals surface area (Å²) in [5.74, 6) is 0.169. The Morgan fingerprint density at radius 2 is 2.33 bits per heavy atom. The first-order valence-electron chi connectivity index (χ1n) is 4.23. The van der Waals surface area contributed by atoms with Crippen molar-refractivity contribution in [2.75, 3.05) is 0 Å². The summed E-state index contributed by atoms with van der Waals surface area (Å²) in [5.41, 5.74) is 0.839. The fourth-order valence-electron chi connectivity index (χ4n) is 1.16. The number of nitrogens with one attached hydrogen (secondary N) is 1. The number of H-pyrrole nitrogens is 1. The van der Waals surface area contributed by atoms with Gasteiger partial charge in [0.05, 0.1) is 0 Å². The molecular weight excluding hydrogens is 260 g/mol. The monoisotopic (exact) mass is 266 g/mol. The Bertz CT molecular complexity index is 469. The van der Waals surface area contributed by atoms with Crippen LogP contribution in [0.25, 0.3) is 0 Å². The first-order valence-corrected chi connectivity index (χ1v) is 5.03. The number of halogens is 1. The number of ketones is 1. The molecule has 0 saturated heterocycles.